The highest BCUT2D eigenvalue weighted by Crippen LogP contribution is 2.27. The van der Waals surface area contributed by atoms with Crippen molar-refractivity contribution >= 4 is 29.3 Å². The van der Waals surface area contributed by atoms with Crippen LogP contribution in [-0.4, -0.2) is 68.8 Å². The molecule has 0 bridgehead atoms. The first-order valence-electron chi connectivity index (χ1n) is 8.82. The number of rotatable bonds is 6. The van der Waals surface area contributed by atoms with Crippen molar-refractivity contribution in [3.63, 3.8) is 0 Å². The molecule has 6 nitrogen and oxygen atoms in total. The number of hydrogen-bond acceptors (Lipinski definition) is 5. The van der Waals surface area contributed by atoms with Crippen molar-refractivity contribution in [2.75, 3.05) is 57.0 Å². The predicted octanol–water partition coefficient (Wildman–Crippen LogP) is 0.783. The van der Waals surface area contributed by atoms with Crippen LogP contribution < -0.4 is 15.5 Å². The number of piperazine rings is 1. The second-order valence-electron chi connectivity index (χ2n) is 6.49. The van der Waals surface area contributed by atoms with Gasteiger partial charge in [0, 0.05) is 62.8 Å². The predicted molar refractivity (Wildman–Crippen MR) is 101 cm³/mol. The van der Waals surface area contributed by atoms with Crippen LogP contribution in [0.1, 0.15) is 6.42 Å². The Hall–Kier alpha value is -1.57. The van der Waals surface area contributed by atoms with Crippen molar-refractivity contribution in [3.8, 4) is 0 Å². The van der Waals surface area contributed by atoms with Crippen LogP contribution in [-0.2, 0) is 9.59 Å². The molecule has 136 valence electrons. The quantitative estimate of drug-likeness (QED) is 0.733. The molecule has 0 aromatic heterocycles. The van der Waals surface area contributed by atoms with Gasteiger partial charge in [-0.3, -0.25) is 14.5 Å². The SMILES string of the molecule is CSc1ccc(N2CC(C(=O)NCCN3CCNCC3)CC2=O)cc1. The number of anilines is 1. The first-order chi connectivity index (χ1) is 12.2. The van der Waals surface area contributed by atoms with E-state index in [1.54, 1.807) is 16.7 Å². The fourth-order valence-corrected chi connectivity index (χ4v) is 3.72. The van der Waals surface area contributed by atoms with E-state index in [1.807, 2.05) is 30.5 Å². The van der Waals surface area contributed by atoms with Gasteiger partial charge in [-0.2, -0.15) is 0 Å². The third kappa shape index (κ3) is 4.74. The van der Waals surface area contributed by atoms with E-state index in [0.29, 0.717) is 19.5 Å². The van der Waals surface area contributed by atoms with Crippen molar-refractivity contribution in [2.24, 2.45) is 5.92 Å². The Labute approximate surface area is 153 Å². The highest BCUT2D eigenvalue weighted by atomic mass is 32.2. The molecule has 2 saturated heterocycles. The molecule has 2 heterocycles. The molecule has 3 rings (SSSR count). The van der Waals surface area contributed by atoms with E-state index in [1.165, 1.54) is 0 Å². The van der Waals surface area contributed by atoms with E-state index in [0.717, 1.165) is 43.3 Å². The Bertz CT molecular complexity index is 602. The Morgan fingerprint density at radius 3 is 2.68 bits per heavy atom. The van der Waals surface area contributed by atoms with E-state index in [9.17, 15) is 9.59 Å². The van der Waals surface area contributed by atoms with Crippen LogP contribution in [0, 0.1) is 5.92 Å². The van der Waals surface area contributed by atoms with Crippen LogP contribution >= 0.6 is 11.8 Å². The molecule has 1 atom stereocenters. The summed E-state index contributed by atoms with van der Waals surface area (Å²) in [4.78, 5) is 29.9. The smallest absolute Gasteiger partial charge is 0.227 e. The summed E-state index contributed by atoms with van der Waals surface area (Å²) in [7, 11) is 0. The van der Waals surface area contributed by atoms with Gasteiger partial charge in [0.15, 0.2) is 0 Å². The average molecular weight is 362 g/mol. The Balaban J connectivity index is 1.48. The van der Waals surface area contributed by atoms with Gasteiger partial charge < -0.3 is 15.5 Å². The van der Waals surface area contributed by atoms with Crippen molar-refractivity contribution in [1.82, 2.24) is 15.5 Å². The minimum Gasteiger partial charge on any atom is -0.355 e. The van der Waals surface area contributed by atoms with Crippen LogP contribution in [0.2, 0.25) is 0 Å². The Kier molecular flexibility index (Phi) is 6.34. The van der Waals surface area contributed by atoms with Gasteiger partial charge in [-0.15, -0.1) is 11.8 Å². The summed E-state index contributed by atoms with van der Waals surface area (Å²) in [5, 5.41) is 6.32. The number of amides is 2. The highest BCUT2D eigenvalue weighted by molar-refractivity contribution is 7.98. The van der Waals surface area contributed by atoms with E-state index < -0.39 is 0 Å². The molecule has 0 saturated carbocycles. The van der Waals surface area contributed by atoms with Gasteiger partial charge in [-0.1, -0.05) is 0 Å². The lowest BCUT2D eigenvalue weighted by Crippen LogP contribution is -2.46. The first kappa shape index (κ1) is 18.2. The minimum atomic E-state index is -0.254. The number of thioether (sulfide) groups is 1. The van der Waals surface area contributed by atoms with Gasteiger partial charge >= 0.3 is 0 Å². The molecule has 0 radical (unpaired) electrons. The van der Waals surface area contributed by atoms with E-state index in [4.69, 9.17) is 0 Å². The largest absolute Gasteiger partial charge is 0.355 e. The summed E-state index contributed by atoms with van der Waals surface area (Å²) in [6, 6.07) is 7.92. The topological polar surface area (TPSA) is 64.7 Å². The van der Waals surface area contributed by atoms with Crippen LogP contribution in [0.3, 0.4) is 0 Å². The van der Waals surface area contributed by atoms with Crippen LogP contribution in [0.4, 0.5) is 5.69 Å². The zero-order chi connectivity index (χ0) is 17.6. The van der Waals surface area contributed by atoms with Crippen molar-refractivity contribution in [3.05, 3.63) is 24.3 Å². The van der Waals surface area contributed by atoms with Crippen LogP contribution in [0.5, 0.6) is 0 Å². The van der Waals surface area contributed by atoms with Gasteiger partial charge in [-0.05, 0) is 30.5 Å². The zero-order valence-corrected chi connectivity index (χ0v) is 15.5. The molecule has 1 unspecified atom stereocenters. The maximum Gasteiger partial charge on any atom is 0.227 e. The van der Waals surface area contributed by atoms with E-state index >= 15 is 0 Å². The maximum atomic E-state index is 12.4. The molecule has 2 amide bonds. The molecule has 2 N–H and O–H groups in total. The maximum absolute atomic E-state index is 12.4. The second kappa shape index (κ2) is 8.69. The van der Waals surface area contributed by atoms with E-state index in [-0.39, 0.29) is 17.7 Å². The summed E-state index contributed by atoms with van der Waals surface area (Å²) in [6.45, 7) is 6.05. The third-order valence-electron chi connectivity index (χ3n) is 4.82. The van der Waals surface area contributed by atoms with Gasteiger partial charge in [0.1, 0.15) is 0 Å². The van der Waals surface area contributed by atoms with Crippen molar-refractivity contribution in [1.29, 1.82) is 0 Å². The lowest BCUT2D eigenvalue weighted by atomic mass is 10.1. The number of nitrogens with zero attached hydrogens (tertiary/aromatic N) is 2. The van der Waals surface area contributed by atoms with Gasteiger partial charge in [0.05, 0.1) is 5.92 Å². The fraction of sp³-hybridized carbons (Fsp3) is 0.556. The zero-order valence-electron chi connectivity index (χ0n) is 14.7. The minimum absolute atomic E-state index is 0.00767. The molecule has 25 heavy (non-hydrogen) atoms. The molecule has 1 aromatic rings. The lowest BCUT2D eigenvalue weighted by Gasteiger charge is -2.27. The Morgan fingerprint density at radius 1 is 1.28 bits per heavy atom. The molecule has 7 heteroatoms. The van der Waals surface area contributed by atoms with Crippen LogP contribution in [0.15, 0.2) is 29.2 Å². The van der Waals surface area contributed by atoms with Crippen LogP contribution in [0.25, 0.3) is 0 Å². The highest BCUT2D eigenvalue weighted by Gasteiger charge is 2.34. The lowest BCUT2D eigenvalue weighted by molar-refractivity contribution is -0.126. The first-order valence-corrected chi connectivity index (χ1v) is 10.0. The standard InChI is InChI=1S/C18H26N4O2S/c1-25-16-4-2-15(3-5-16)22-13-14(12-17(22)23)18(24)20-8-11-21-9-6-19-7-10-21/h2-5,14,19H,6-13H2,1H3,(H,20,24). The number of nitrogens with one attached hydrogen (secondary N) is 2. The van der Waals surface area contributed by atoms with Crippen molar-refractivity contribution < 1.29 is 9.59 Å². The molecule has 0 spiro atoms. The number of carbonyl (C=O) groups is 2. The summed E-state index contributed by atoms with van der Waals surface area (Å²) in [5.74, 6) is -0.235. The molecule has 1 aromatic carbocycles. The van der Waals surface area contributed by atoms with Gasteiger partial charge in [0.2, 0.25) is 11.8 Å². The number of benzene rings is 1. The summed E-state index contributed by atoms with van der Waals surface area (Å²) >= 11 is 1.67. The van der Waals surface area contributed by atoms with E-state index in [2.05, 4.69) is 15.5 Å². The number of hydrogen-bond donors (Lipinski definition) is 2. The monoisotopic (exact) mass is 362 g/mol. The fourth-order valence-electron chi connectivity index (χ4n) is 3.31. The molecule has 2 aliphatic heterocycles. The number of carbonyl (C=O) groups excluding carboxylic acids is 2. The third-order valence-corrected chi connectivity index (χ3v) is 5.56. The van der Waals surface area contributed by atoms with Gasteiger partial charge in [-0.25, -0.2) is 0 Å². The summed E-state index contributed by atoms with van der Waals surface area (Å²) < 4.78 is 0. The molecular weight excluding hydrogens is 336 g/mol. The molecule has 0 aliphatic carbocycles. The average Bonchev–Trinajstić information content (AvgIpc) is 3.04. The summed E-state index contributed by atoms with van der Waals surface area (Å²) in [6.07, 6.45) is 2.32. The summed E-state index contributed by atoms with van der Waals surface area (Å²) in [5.41, 5.74) is 0.874. The normalized spacial score (nSPS) is 21.6. The molecule has 2 fully saturated rings. The van der Waals surface area contributed by atoms with Gasteiger partial charge in [0.25, 0.3) is 0 Å². The Morgan fingerprint density at radius 2 is 2.00 bits per heavy atom. The molecule has 2 aliphatic rings. The molecular formula is C18H26N4O2S. The second-order valence-corrected chi connectivity index (χ2v) is 7.37. The van der Waals surface area contributed by atoms with Crippen molar-refractivity contribution in [2.45, 2.75) is 11.3 Å².